The van der Waals surface area contributed by atoms with E-state index < -0.39 is 22.7 Å². The van der Waals surface area contributed by atoms with Gasteiger partial charge in [0.1, 0.15) is 0 Å². The first-order valence-electron chi connectivity index (χ1n) is 5.45. The summed E-state index contributed by atoms with van der Waals surface area (Å²) < 4.78 is 13.5. The molecule has 0 aliphatic rings. The van der Waals surface area contributed by atoms with Crippen LogP contribution in [-0.2, 0) is 4.79 Å². The van der Waals surface area contributed by atoms with Crippen molar-refractivity contribution < 1.29 is 14.1 Å². The Bertz CT molecular complexity index is 484. The molecule has 3 N–H and O–H groups in total. The summed E-state index contributed by atoms with van der Waals surface area (Å²) >= 11 is 1.55. The van der Waals surface area contributed by atoms with Gasteiger partial charge in [0.15, 0.2) is 5.82 Å². The first-order valence-corrected chi connectivity index (χ1v) is 6.84. The fourth-order valence-electron chi connectivity index (χ4n) is 1.32. The van der Waals surface area contributed by atoms with Crippen molar-refractivity contribution in [3.63, 3.8) is 0 Å². The number of nitrogens with one attached hydrogen (secondary N) is 1. The molecule has 1 aromatic carbocycles. The molecule has 104 valence electrons. The van der Waals surface area contributed by atoms with Gasteiger partial charge in [-0.05, 0) is 24.5 Å². The van der Waals surface area contributed by atoms with Gasteiger partial charge in [-0.15, -0.1) is 0 Å². The molecule has 0 aliphatic carbocycles. The Hall–Kier alpha value is -1.67. The number of thioether (sulfide) groups is 1. The molecule has 0 saturated heterocycles. The highest BCUT2D eigenvalue weighted by Crippen LogP contribution is 2.20. The standard InChI is InChI=1S/C11H14FN3O3S/c1-19-5-4-9(13)11(16)14-10-3-2-7(15(17)18)6-8(10)12/h2-3,6,9H,4-5,13H2,1H3,(H,14,16)/t9-/m0/s1. The number of nitro benzene ring substituents is 1. The molecular weight excluding hydrogens is 273 g/mol. The van der Waals surface area contributed by atoms with Gasteiger partial charge in [-0.3, -0.25) is 14.9 Å². The first-order chi connectivity index (χ1) is 8.95. The van der Waals surface area contributed by atoms with Crippen LogP contribution in [0.1, 0.15) is 6.42 Å². The molecule has 1 atom stereocenters. The minimum atomic E-state index is -0.861. The highest BCUT2D eigenvalue weighted by atomic mass is 32.2. The van der Waals surface area contributed by atoms with Crippen LogP contribution in [0.15, 0.2) is 18.2 Å². The quantitative estimate of drug-likeness (QED) is 0.613. The fourth-order valence-corrected chi connectivity index (χ4v) is 1.81. The summed E-state index contributed by atoms with van der Waals surface area (Å²) in [7, 11) is 0. The van der Waals surface area contributed by atoms with Crippen molar-refractivity contribution in [3.8, 4) is 0 Å². The van der Waals surface area contributed by atoms with Crippen LogP contribution in [0.3, 0.4) is 0 Å². The van der Waals surface area contributed by atoms with E-state index in [9.17, 15) is 19.3 Å². The second kappa shape index (κ2) is 7.05. The third-order valence-corrected chi connectivity index (χ3v) is 3.04. The Balaban J connectivity index is 2.72. The Kier molecular flexibility index (Phi) is 5.71. The predicted octanol–water partition coefficient (Wildman–Crippen LogP) is 1.75. The van der Waals surface area contributed by atoms with E-state index in [1.807, 2.05) is 6.26 Å². The first kappa shape index (κ1) is 15.4. The van der Waals surface area contributed by atoms with Gasteiger partial charge < -0.3 is 11.1 Å². The van der Waals surface area contributed by atoms with Gasteiger partial charge in [-0.1, -0.05) is 0 Å². The van der Waals surface area contributed by atoms with Crippen molar-refractivity contribution >= 4 is 29.0 Å². The van der Waals surface area contributed by atoms with Crippen molar-refractivity contribution in [2.45, 2.75) is 12.5 Å². The van der Waals surface area contributed by atoms with Crippen LogP contribution >= 0.6 is 11.8 Å². The largest absolute Gasteiger partial charge is 0.322 e. The summed E-state index contributed by atoms with van der Waals surface area (Å²) in [4.78, 5) is 21.4. The van der Waals surface area contributed by atoms with Crippen molar-refractivity contribution in [2.75, 3.05) is 17.3 Å². The molecule has 1 amide bonds. The lowest BCUT2D eigenvalue weighted by atomic mass is 10.2. The van der Waals surface area contributed by atoms with Gasteiger partial charge in [-0.2, -0.15) is 11.8 Å². The summed E-state index contributed by atoms with van der Waals surface area (Å²) in [6, 6.07) is 2.28. The molecule has 0 aliphatic heterocycles. The number of anilines is 1. The number of halogens is 1. The van der Waals surface area contributed by atoms with E-state index >= 15 is 0 Å². The number of carbonyl (C=O) groups excluding carboxylic acids is 1. The monoisotopic (exact) mass is 287 g/mol. The number of nitro groups is 1. The molecule has 19 heavy (non-hydrogen) atoms. The summed E-state index contributed by atoms with van der Waals surface area (Å²) in [5.41, 5.74) is 5.13. The second-order valence-corrected chi connectivity index (χ2v) is 4.78. The average Bonchev–Trinajstić information content (AvgIpc) is 2.37. The summed E-state index contributed by atoms with van der Waals surface area (Å²) in [6.45, 7) is 0. The van der Waals surface area contributed by atoms with Crippen molar-refractivity contribution in [2.24, 2.45) is 5.73 Å². The van der Waals surface area contributed by atoms with Crippen LogP contribution in [0.25, 0.3) is 0 Å². The average molecular weight is 287 g/mol. The zero-order valence-corrected chi connectivity index (χ0v) is 11.1. The lowest BCUT2D eigenvalue weighted by Crippen LogP contribution is -2.36. The van der Waals surface area contributed by atoms with Crippen molar-refractivity contribution in [3.05, 3.63) is 34.1 Å². The van der Waals surface area contributed by atoms with E-state index in [0.29, 0.717) is 6.42 Å². The van der Waals surface area contributed by atoms with Gasteiger partial charge in [0.25, 0.3) is 5.69 Å². The topological polar surface area (TPSA) is 98.3 Å². The predicted molar refractivity (Wildman–Crippen MR) is 72.7 cm³/mol. The normalized spacial score (nSPS) is 11.9. The number of rotatable bonds is 6. The minimum Gasteiger partial charge on any atom is -0.322 e. The Morgan fingerprint density at radius 2 is 2.32 bits per heavy atom. The lowest BCUT2D eigenvalue weighted by Gasteiger charge is -2.11. The van der Waals surface area contributed by atoms with E-state index in [-0.39, 0.29) is 11.4 Å². The van der Waals surface area contributed by atoms with Gasteiger partial charge in [0.2, 0.25) is 5.91 Å². The van der Waals surface area contributed by atoms with E-state index in [2.05, 4.69) is 5.32 Å². The number of hydrogen-bond acceptors (Lipinski definition) is 5. The number of nitrogens with zero attached hydrogens (tertiary/aromatic N) is 1. The number of benzene rings is 1. The zero-order chi connectivity index (χ0) is 14.4. The molecule has 1 rings (SSSR count). The van der Waals surface area contributed by atoms with E-state index in [1.54, 1.807) is 11.8 Å². The Morgan fingerprint density at radius 1 is 1.63 bits per heavy atom. The molecular formula is C11H14FN3O3S. The molecule has 6 nitrogen and oxygen atoms in total. The lowest BCUT2D eigenvalue weighted by molar-refractivity contribution is -0.385. The van der Waals surface area contributed by atoms with Gasteiger partial charge in [0, 0.05) is 6.07 Å². The Labute approximate surface area is 113 Å². The van der Waals surface area contributed by atoms with Crippen molar-refractivity contribution in [1.29, 1.82) is 0 Å². The molecule has 0 spiro atoms. The molecule has 1 aromatic rings. The number of non-ortho nitro benzene ring substituents is 1. The number of hydrogen-bond donors (Lipinski definition) is 2. The highest BCUT2D eigenvalue weighted by Gasteiger charge is 2.16. The Morgan fingerprint density at radius 3 is 2.84 bits per heavy atom. The third-order valence-electron chi connectivity index (χ3n) is 2.39. The van der Waals surface area contributed by atoms with Gasteiger partial charge in [-0.25, -0.2) is 4.39 Å². The summed E-state index contributed by atoms with van der Waals surface area (Å²) in [6.07, 6.45) is 2.36. The molecule has 0 radical (unpaired) electrons. The molecule has 0 aromatic heterocycles. The van der Waals surface area contributed by atoms with E-state index in [1.165, 1.54) is 0 Å². The van der Waals surface area contributed by atoms with Crippen LogP contribution in [0.2, 0.25) is 0 Å². The SMILES string of the molecule is CSCC[C@H](N)C(=O)Nc1ccc([N+](=O)[O-])cc1F. The maximum Gasteiger partial charge on any atom is 0.272 e. The number of carbonyl (C=O) groups is 1. The molecule has 0 unspecified atom stereocenters. The van der Waals surface area contributed by atoms with Crippen LogP contribution in [0, 0.1) is 15.9 Å². The van der Waals surface area contributed by atoms with Crippen LogP contribution < -0.4 is 11.1 Å². The van der Waals surface area contributed by atoms with E-state index in [4.69, 9.17) is 5.73 Å². The maximum absolute atomic E-state index is 13.5. The molecule has 0 saturated carbocycles. The minimum absolute atomic E-state index is 0.116. The fraction of sp³-hybridized carbons (Fsp3) is 0.364. The smallest absolute Gasteiger partial charge is 0.272 e. The molecule has 8 heteroatoms. The molecule has 0 heterocycles. The number of nitrogens with two attached hydrogens (primary N) is 1. The second-order valence-electron chi connectivity index (χ2n) is 3.80. The summed E-state index contributed by atoms with van der Waals surface area (Å²) in [5, 5.41) is 12.8. The van der Waals surface area contributed by atoms with Gasteiger partial charge in [0.05, 0.1) is 22.7 Å². The molecule has 0 bridgehead atoms. The van der Waals surface area contributed by atoms with Crippen LogP contribution in [0.5, 0.6) is 0 Å². The van der Waals surface area contributed by atoms with Crippen molar-refractivity contribution in [1.82, 2.24) is 0 Å². The maximum atomic E-state index is 13.5. The van der Waals surface area contributed by atoms with Crippen LogP contribution in [-0.4, -0.2) is 28.9 Å². The van der Waals surface area contributed by atoms with Crippen LogP contribution in [0.4, 0.5) is 15.8 Å². The summed E-state index contributed by atoms with van der Waals surface area (Å²) in [5.74, 6) is -0.654. The van der Waals surface area contributed by atoms with E-state index in [0.717, 1.165) is 24.0 Å². The zero-order valence-electron chi connectivity index (χ0n) is 10.3. The molecule has 0 fully saturated rings. The van der Waals surface area contributed by atoms with Gasteiger partial charge >= 0.3 is 0 Å². The third kappa shape index (κ3) is 4.49. The highest BCUT2D eigenvalue weighted by molar-refractivity contribution is 7.98. The number of amides is 1.